The van der Waals surface area contributed by atoms with Crippen LogP contribution in [0, 0.1) is 6.92 Å². The Hall–Kier alpha value is -6.99. The zero-order valence-corrected chi connectivity index (χ0v) is 34.2. The molecule has 0 amide bonds. The Bertz CT molecular complexity index is 1790. The molecule has 4 heterocycles. The summed E-state index contributed by atoms with van der Waals surface area (Å²) in [6, 6.07) is 9.60. The summed E-state index contributed by atoms with van der Waals surface area (Å²) in [7, 11) is 0. The van der Waals surface area contributed by atoms with Crippen molar-refractivity contribution >= 4 is 60.2 Å². The molecule has 1 saturated heterocycles. The second kappa shape index (κ2) is 35.2. The second-order valence-corrected chi connectivity index (χ2v) is 11.0. The molecule has 0 unspecified atom stereocenters. The molecule has 0 aliphatic carbocycles. The molecular formula is C41H51N3O16. The van der Waals surface area contributed by atoms with Gasteiger partial charge in [0.2, 0.25) is 6.29 Å². The van der Waals surface area contributed by atoms with Crippen LogP contribution >= 0.6 is 0 Å². The van der Waals surface area contributed by atoms with Gasteiger partial charge < -0.3 is 39.0 Å². The van der Waals surface area contributed by atoms with E-state index >= 15 is 0 Å². The Morgan fingerprint density at radius 2 is 1.08 bits per heavy atom. The monoisotopic (exact) mass is 841 g/mol. The van der Waals surface area contributed by atoms with E-state index in [1.807, 2.05) is 6.92 Å². The van der Waals surface area contributed by atoms with Gasteiger partial charge in [0.15, 0.2) is 0 Å². The number of esters is 5. The van der Waals surface area contributed by atoms with Gasteiger partial charge in [-0.3, -0.25) is 29.3 Å². The van der Waals surface area contributed by atoms with Crippen molar-refractivity contribution < 1.29 is 77.4 Å². The molecule has 0 spiro atoms. The predicted molar refractivity (Wildman–Crippen MR) is 214 cm³/mol. The summed E-state index contributed by atoms with van der Waals surface area (Å²) in [5.74, 6) is -4.74. The van der Waals surface area contributed by atoms with Crippen molar-refractivity contribution in [2.24, 2.45) is 0 Å². The van der Waals surface area contributed by atoms with E-state index in [1.165, 1.54) is 75.5 Å². The number of aromatic carboxylic acids is 2. The lowest BCUT2D eigenvalue weighted by atomic mass is 10.2. The number of aliphatic hydroxyl groups is 1. The molecule has 0 radical (unpaired) electrons. The fourth-order valence-electron chi connectivity index (χ4n) is 3.43. The Labute approximate surface area is 347 Å². The van der Waals surface area contributed by atoms with Crippen LogP contribution in [0.4, 0.5) is 0 Å². The van der Waals surface area contributed by atoms with Crippen LogP contribution in [0.15, 0.2) is 67.1 Å². The number of aromatic nitrogens is 3. The Morgan fingerprint density at radius 1 is 0.650 bits per heavy atom. The molecule has 3 N–H and O–H groups in total. The number of hydrogen-bond donors (Lipinski definition) is 3. The normalized spacial score (nSPS) is 10.7. The van der Waals surface area contributed by atoms with E-state index < -0.39 is 35.8 Å². The molecule has 0 atom stereocenters. The van der Waals surface area contributed by atoms with Gasteiger partial charge in [-0.1, -0.05) is 6.07 Å². The van der Waals surface area contributed by atoms with Crippen molar-refractivity contribution in [2.45, 2.75) is 61.0 Å². The van der Waals surface area contributed by atoms with E-state index in [0.717, 1.165) is 24.5 Å². The molecule has 0 saturated carbocycles. The first kappa shape index (κ1) is 55.1. The molecule has 3 aromatic rings. The number of rotatable bonds is 11. The van der Waals surface area contributed by atoms with Crippen LogP contribution in [0.25, 0.3) is 12.2 Å². The molecule has 3 aromatic heterocycles. The van der Waals surface area contributed by atoms with Gasteiger partial charge >= 0.3 is 41.8 Å². The lowest BCUT2D eigenvalue weighted by molar-refractivity contribution is -0.156. The Kier molecular flexibility index (Phi) is 32.3. The van der Waals surface area contributed by atoms with Crippen molar-refractivity contribution in [1.82, 2.24) is 15.0 Å². The number of carboxylic acid groups (broad SMARTS) is 2. The minimum Gasteiger partial charge on any atom is -0.478 e. The van der Waals surface area contributed by atoms with E-state index in [9.17, 15) is 38.4 Å². The predicted octanol–water partition coefficient (Wildman–Crippen LogP) is 4.24. The third-order valence-corrected chi connectivity index (χ3v) is 6.07. The summed E-state index contributed by atoms with van der Waals surface area (Å²) in [6.45, 7) is 12.2. The third-order valence-electron chi connectivity index (χ3n) is 6.07. The zero-order chi connectivity index (χ0) is 45.7. The molecule has 1 aliphatic rings. The fraction of sp³-hybridized carbons (Fsp3) is 0.341. The van der Waals surface area contributed by atoms with Gasteiger partial charge in [0.25, 0.3) is 0 Å². The SMILES string of the molecule is C1CCOC1.CC(=O)OC(C)=O.CCOC(=O)/C=C/c1ccc(C(=O)O)cn1.CCOC(=O)/C=C/c1ccc(CO)cn1.CCOC(=O)C=O.Cc1ccc(C(=O)O)cn1. The second-order valence-electron chi connectivity index (χ2n) is 11.0. The molecule has 1 aliphatic heterocycles. The molecular weight excluding hydrogens is 790 g/mol. The van der Waals surface area contributed by atoms with Crippen LogP contribution in [-0.4, -0.2) is 111 Å². The maximum atomic E-state index is 11.0. The number of carboxylic acids is 2. The summed E-state index contributed by atoms with van der Waals surface area (Å²) < 4.78 is 22.5. The number of nitrogens with zero attached hydrogens (tertiary/aromatic N) is 3. The van der Waals surface area contributed by atoms with Crippen molar-refractivity contribution in [3.05, 3.63) is 101 Å². The minimum absolute atomic E-state index is 0.0329. The topological polar surface area (TPSA) is 282 Å². The van der Waals surface area contributed by atoms with E-state index in [2.05, 4.69) is 29.2 Å². The van der Waals surface area contributed by atoms with E-state index in [1.54, 1.807) is 51.2 Å². The van der Waals surface area contributed by atoms with Crippen molar-refractivity contribution in [1.29, 1.82) is 0 Å². The molecule has 60 heavy (non-hydrogen) atoms. The molecule has 326 valence electrons. The Morgan fingerprint density at radius 3 is 1.35 bits per heavy atom. The summed E-state index contributed by atoms with van der Waals surface area (Å²) in [5.41, 5.74) is 3.05. The standard InChI is InChI=1S/C11H11NO4.C11H13NO3.C7H7NO2.2C4H6O3.C4H8O/c1-2-16-10(13)6-5-9-4-3-8(7-12-9)11(14)15;1-2-15-11(14)6-5-10-4-3-9(8-13)7-12-10;1-5-2-3-6(4-8-5)7(9)10;1-3(5)7-4(2)6;1-2-7-4(6)3-5;1-2-4-5-3-1/h3-7H,2H2,1H3,(H,14,15);3-7,13H,2,8H2,1H3;2-4H,1H3,(H,9,10);1-2H3;3H,2H2,1H3;1-4H2/b2*6-5+;;;;. The van der Waals surface area contributed by atoms with Crippen LogP contribution in [0.5, 0.6) is 0 Å². The van der Waals surface area contributed by atoms with Crippen LogP contribution in [-0.2, 0) is 59.1 Å². The first-order valence-electron chi connectivity index (χ1n) is 18.0. The van der Waals surface area contributed by atoms with Gasteiger partial charge in [-0.25, -0.2) is 24.0 Å². The average Bonchev–Trinajstić information content (AvgIpc) is 3.82. The number of aliphatic hydroxyl groups excluding tert-OH is 1. The first-order valence-corrected chi connectivity index (χ1v) is 18.0. The molecule has 0 aromatic carbocycles. The Balaban J connectivity index is 0. The van der Waals surface area contributed by atoms with Gasteiger partial charge in [-0.15, -0.1) is 0 Å². The summed E-state index contributed by atoms with van der Waals surface area (Å²) in [6.07, 6.45) is 12.4. The van der Waals surface area contributed by atoms with E-state index in [4.69, 9.17) is 24.8 Å². The molecule has 0 bridgehead atoms. The summed E-state index contributed by atoms with van der Waals surface area (Å²) >= 11 is 0. The number of pyridine rings is 3. The number of aldehydes is 1. The highest BCUT2D eigenvalue weighted by Gasteiger charge is 2.02. The van der Waals surface area contributed by atoms with Crippen LogP contribution < -0.4 is 0 Å². The first-order chi connectivity index (χ1) is 28.5. The van der Waals surface area contributed by atoms with Crippen LogP contribution in [0.3, 0.4) is 0 Å². The van der Waals surface area contributed by atoms with Crippen molar-refractivity contribution in [2.75, 3.05) is 33.0 Å². The number of aryl methyl sites for hydroxylation is 1. The third kappa shape index (κ3) is 32.1. The van der Waals surface area contributed by atoms with Gasteiger partial charge in [0.1, 0.15) is 0 Å². The number of carbonyl (C=O) groups is 8. The lowest BCUT2D eigenvalue weighted by Gasteiger charge is -1.96. The van der Waals surface area contributed by atoms with Crippen LogP contribution in [0.1, 0.15) is 90.8 Å². The number of hydrogen-bond acceptors (Lipinski definition) is 17. The molecule has 19 heteroatoms. The quantitative estimate of drug-likeness (QED) is 0.0608. The fourth-order valence-corrected chi connectivity index (χ4v) is 3.43. The molecule has 1 fully saturated rings. The smallest absolute Gasteiger partial charge is 0.371 e. The molecule has 4 rings (SSSR count). The maximum absolute atomic E-state index is 11.0. The average molecular weight is 842 g/mol. The highest BCUT2D eigenvalue weighted by Crippen LogP contribution is 2.04. The molecule has 19 nitrogen and oxygen atoms in total. The summed E-state index contributed by atoms with van der Waals surface area (Å²) in [5, 5.41) is 25.9. The van der Waals surface area contributed by atoms with Crippen molar-refractivity contribution in [3.8, 4) is 0 Å². The maximum Gasteiger partial charge on any atom is 0.371 e. The highest BCUT2D eigenvalue weighted by atomic mass is 16.6. The van der Waals surface area contributed by atoms with Gasteiger partial charge in [-0.2, -0.15) is 0 Å². The van der Waals surface area contributed by atoms with E-state index in [0.29, 0.717) is 24.6 Å². The number of carbonyl (C=O) groups excluding carboxylic acids is 6. The largest absolute Gasteiger partial charge is 0.478 e. The van der Waals surface area contributed by atoms with Gasteiger partial charge in [0, 0.05) is 63.5 Å². The minimum atomic E-state index is -1.03. The van der Waals surface area contributed by atoms with Crippen molar-refractivity contribution in [3.63, 3.8) is 0 Å². The zero-order valence-electron chi connectivity index (χ0n) is 34.2. The number of ether oxygens (including phenoxy) is 5. The van der Waals surface area contributed by atoms with E-state index in [-0.39, 0.29) is 36.6 Å². The summed E-state index contributed by atoms with van der Waals surface area (Å²) in [4.78, 5) is 93.3. The lowest BCUT2D eigenvalue weighted by Crippen LogP contribution is -2.03. The highest BCUT2D eigenvalue weighted by molar-refractivity contribution is 6.20. The van der Waals surface area contributed by atoms with Gasteiger partial charge in [0.05, 0.1) is 48.9 Å². The van der Waals surface area contributed by atoms with Crippen LogP contribution in [0.2, 0.25) is 0 Å². The van der Waals surface area contributed by atoms with Gasteiger partial charge in [-0.05, 0) is 88.6 Å².